The molecule has 2 amide bonds. The van der Waals surface area contributed by atoms with E-state index in [-0.39, 0.29) is 25.7 Å². The molecule has 1 aromatic heterocycles. The van der Waals surface area contributed by atoms with Gasteiger partial charge < -0.3 is 36.8 Å². The summed E-state index contributed by atoms with van der Waals surface area (Å²) in [4.78, 5) is 83.0. The average molecular weight is 846 g/mol. The van der Waals surface area contributed by atoms with Crippen LogP contribution in [-0.4, -0.2) is 130 Å². The maximum Gasteiger partial charge on any atom is 0.500 e. The molecule has 1 aromatic rings. The molecule has 0 aliphatic carbocycles. The number of hydrogen-bond acceptors (Lipinski definition) is 14. The Hall–Kier alpha value is -3.37. The Morgan fingerprint density at radius 3 is 1.21 bits per heavy atom. The van der Waals surface area contributed by atoms with Gasteiger partial charge in [-0.1, -0.05) is 38.5 Å². The Kier molecular flexibility index (Phi) is 27.8. The molecule has 0 aliphatic rings. The van der Waals surface area contributed by atoms with Gasteiger partial charge in [-0.3, -0.25) is 0 Å². The average Bonchev–Trinajstić information content (AvgIpc) is 3.22. The second kappa shape index (κ2) is 30.7. The Morgan fingerprint density at radius 2 is 0.877 bits per heavy atom. The third-order valence-corrected chi connectivity index (χ3v) is 15.5. The van der Waals surface area contributed by atoms with Crippen LogP contribution < -0.4 is 22.4 Å². The first-order chi connectivity index (χ1) is 27.6. The van der Waals surface area contributed by atoms with Crippen LogP contribution in [0.25, 0.3) is 0 Å². The summed E-state index contributed by atoms with van der Waals surface area (Å²) >= 11 is 0. The minimum Gasteiger partial charge on any atom is -0.377 e. The number of isocyanates is 2. The fraction of sp³-hybridized carbons (Fsp3) is 0.833. The molecule has 0 spiro atoms. The van der Waals surface area contributed by atoms with E-state index in [1.165, 1.54) is 12.2 Å². The van der Waals surface area contributed by atoms with Gasteiger partial charge in [0.15, 0.2) is 0 Å². The molecular formula is C36H67N7O12Si2. The summed E-state index contributed by atoms with van der Waals surface area (Å²) in [5, 5.41) is 3.02. The van der Waals surface area contributed by atoms with E-state index in [9.17, 15) is 28.8 Å². The number of aromatic nitrogens is 3. The number of urea groups is 1. The third kappa shape index (κ3) is 18.8. The first-order valence-corrected chi connectivity index (χ1v) is 23.8. The van der Waals surface area contributed by atoms with Crippen LogP contribution in [0.4, 0.5) is 4.79 Å². The van der Waals surface area contributed by atoms with Crippen LogP contribution in [0.3, 0.4) is 0 Å². The lowest BCUT2D eigenvalue weighted by Crippen LogP contribution is -2.54. The molecule has 57 heavy (non-hydrogen) atoms. The highest BCUT2D eigenvalue weighted by Crippen LogP contribution is 2.18. The smallest absolute Gasteiger partial charge is 0.377 e. The second-order valence-corrected chi connectivity index (χ2v) is 19.7. The lowest BCUT2D eigenvalue weighted by Gasteiger charge is -2.28. The summed E-state index contributed by atoms with van der Waals surface area (Å²) in [6.07, 6.45) is 12.5. The molecule has 19 nitrogen and oxygen atoms in total. The molecule has 21 heteroatoms. The van der Waals surface area contributed by atoms with E-state index >= 15 is 0 Å². The highest BCUT2D eigenvalue weighted by Gasteiger charge is 2.38. The van der Waals surface area contributed by atoms with Crippen molar-refractivity contribution < 1.29 is 40.9 Å². The van der Waals surface area contributed by atoms with Crippen LogP contribution >= 0.6 is 0 Å². The number of carbonyl (C=O) groups excluding carboxylic acids is 3. The highest BCUT2D eigenvalue weighted by molar-refractivity contribution is 6.60. The fourth-order valence-corrected chi connectivity index (χ4v) is 9.84. The van der Waals surface area contributed by atoms with E-state index in [4.69, 9.17) is 26.6 Å². The van der Waals surface area contributed by atoms with Crippen molar-refractivity contribution in [3.05, 3.63) is 31.5 Å². The van der Waals surface area contributed by atoms with Crippen molar-refractivity contribution >= 4 is 35.8 Å². The van der Waals surface area contributed by atoms with Crippen LogP contribution in [0.15, 0.2) is 24.4 Å². The zero-order chi connectivity index (χ0) is 42.4. The largest absolute Gasteiger partial charge is 0.500 e. The topological polar surface area (TPSA) is 213 Å². The number of rotatable bonds is 35. The van der Waals surface area contributed by atoms with Crippen molar-refractivity contribution in [1.29, 1.82) is 0 Å². The normalized spacial score (nSPS) is 11.6. The lowest BCUT2D eigenvalue weighted by atomic mass is 10.2. The Labute approximate surface area is 338 Å². The van der Waals surface area contributed by atoms with Crippen LogP contribution in [0.1, 0.15) is 89.9 Å². The molecule has 0 saturated carbocycles. The van der Waals surface area contributed by atoms with E-state index in [0.717, 1.165) is 45.8 Å². The minimum atomic E-state index is -2.81. The monoisotopic (exact) mass is 845 g/mol. The molecule has 1 rings (SSSR count). The quantitative estimate of drug-likeness (QED) is 0.0452. The van der Waals surface area contributed by atoms with E-state index in [0.29, 0.717) is 103 Å². The van der Waals surface area contributed by atoms with Crippen molar-refractivity contribution in [2.24, 2.45) is 9.98 Å². The molecule has 0 saturated heterocycles. The zero-order valence-electron chi connectivity index (χ0n) is 35.1. The van der Waals surface area contributed by atoms with Crippen LogP contribution in [0.2, 0.25) is 12.1 Å². The second-order valence-electron chi connectivity index (χ2n) is 13.5. The number of unbranched alkanes of at least 4 members (excludes halogenated alkanes) is 9. The molecule has 1 N–H and O–H groups in total. The van der Waals surface area contributed by atoms with Gasteiger partial charge in [0.1, 0.15) is 0 Å². The van der Waals surface area contributed by atoms with Crippen molar-refractivity contribution in [1.82, 2.24) is 23.9 Å². The van der Waals surface area contributed by atoms with Crippen molar-refractivity contribution in [2.45, 2.75) is 122 Å². The molecule has 1 heterocycles. The van der Waals surface area contributed by atoms with E-state index in [1.54, 1.807) is 47.6 Å². The van der Waals surface area contributed by atoms with Gasteiger partial charge in [-0.15, -0.1) is 0 Å². The molecule has 0 fully saturated rings. The Morgan fingerprint density at radius 1 is 0.544 bits per heavy atom. The summed E-state index contributed by atoms with van der Waals surface area (Å²) in [5.41, 5.74) is -1.85. The number of nitrogens with one attached hydrogen (secondary N) is 1. The van der Waals surface area contributed by atoms with Gasteiger partial charge in [0.05, 0.1) is 13.1 Å². The van der Waals surface area contributed by atoms with Crippen LogP contribution in [0.5, 0.6) is 0 Å². The van der Waals surface area contributed by atoms with Gasteiger partial charge in [-0.25, -0.2) is 52.5 Å². The van der Waals surface area contributed by atoms with Gasteiger partial charge in [-0.2, -0.15) is 0 Å². The molecule has 0 aromatic carbocycles. The fourth-order valence-electron chi connectivity index (χ4n) is 6.43. The van der Waals surface area contributed by atoms with Gasteiger partial charge in [-0.05, 0) is 51.4 Å². The maximum atomic E-state index is 13.4. The van der Waals surface area contributed by atoms with E-state index in [2.05, 4.69) is 15.3 Å². The highest BCUT2D eigenvalue weighted by atomic mass is 28.4. The molecule has 0 bridgehead atoms. The summed E-state index contributed by atoms with van der Waals surface area (Å²) in [6, 6.07) is 0.877. The summed E-state index contributed by atoms with van der Waals surface area (Å²) in [6.45, 7) is 2.65. The maximum absolute atomic E-state index is 13.4. The van der Waals surface area contributed by atoms with Gasteiger partial charge in [0, 0.05) is 94.0 Å². The zero-order valence-corrected chi connectivity index (χ0v) is 37.1. The Bertz CT molecular complexity index is 1440. The molecule has 0 atom stereocenters. The SMILES string of the molecule is CO[Si](CCCN(CCC[Si](OC)(OC)OC)C(=O)NCCCCCCn1c(=O)n(CCCCCCN=C=O)c(=O)n(CCCCCCN=C=O)c1=O)(OC)OC. The lowest BCUT2D eigenvalue weighted by molar-refractivity contribution is 0.120. The molecular weight excluding hydrogens is 779 g/mol. The summed E-state index contributed by atoms with van der Waals surface area (Å²) in [7, 11) is 3.74. The number of hydrogen-bond donors (Lipinski definition) is 1. The molecule has 0 unspecified atom stereocenters. The van der Waals surface area contributed by atoms with Crippen LogP contribution in [0, 0.1) is 0 Å². The van der Waals surface area contributed by atoms with Gasteiger partial charge in [0.2, 0.25) is 12.2 Å². The van der Waals surface area contributed by atoms with E-state index in [1.807, 2.05) is 0 Å². The van der Waals surface area contributed by atoms with Gasteiger partial charge >= 0.3 is 40.7 Å². The van der Waals surface area contributed by atoms with Crippen molar-refractivity contribution in [3.8, 4) is 0 Å². The van der Waals surface area contributed by atoms with Crippen LogP contribution in [-0.2, 0) is 55.8 Å². The predicted octanol–water partition coefficient (Wildman–Crippen LogP) is 3.07. The molecule has 326 valence electrons. The van der Waals surface area contributed by atoms with E-state index < -0.39 is 34.7 Å². The number of aliphatic imine (C=N–C) groups is 2. The third-order valence-electron chi connectivity index (χ3n) is 9.88. The summed E-state index contributed by atoms with van der Waals surface area (Å²) < 4.78 is 36.7. The van der Waals surface area contributed by atoms with Crippen molar-refractivity contribution in [2.75, 3.05) is 75.4 Å². The predicted molar refractivity (Wildman–Crippen MR) is 218 cm³/mol. The summed E-state index contributed by atoms with van der Waals surface area (Å²) in [5.74, 6) is 0. The standard InChI is InChI=1S/C36H67N7O12Si2/c1-50-56(51-2,52-3)29-19-24-40(25-20-30-57(53-4,54-5)55-6)33(46)39-23-15-9-12-18-28-43-35(48)41(26-16-10-7-13-21-37-31-44)34(47)42(36(43)49)27-17-11-8-14-22-38-32-45/h7-30H2,1-6H3,(H,39,46). The molecule has 0 radical (unpaired) electrons. The van der Waals surface area contributed by atoms with Gasteiger partial charge in [0.25, 0.3) is 0 Å². The first kappa shape index (κ1) is 51.7. The number of carbonyl (C=O) groups is 1. The minimum absolute atomic E-state index is 0.163. The van der Waals surface area contributed by atoms with Crippen molar-refractivity contribution in [3.63, 3.8) is 0 Å². The first-order valence-electron chi connectivity index (χ1n) is 19.9. The molecule has 0 aliphatic heterocycles. The number of nitrogens with zero attached hydrogens (tertiary/aromatic N) is 6. The number of amides is 2. The Balaban J connectivity index is 2.87.